The number of nitrogens with one attached hydrogen (secondary N) is 1. The van der Waals surface area contributed by atoms with Crippen molar-refractivity contribution in [2.75, 3.05) is 25.2 Å². The summed E-state index contributed by atoms with van der Waals surface area (Å²) in [4.78, 5) is 11.8. The third kappa shape index (κ3) is 5.08. The van der Waals surface area contributed by atoms with Gasteiger partial charge in [-0.3, -0.25) is 10.2 Å². The molecule has 0 spiro atoms. The number of rotatable bonds is 8. The first-order valence-corrected chi connectivity index (χ1v) is 7.07. The van der Waals surface area contributed by atoms with Crippen molar-refractivity contribution in [1.82, 2.24) is 5.43 Å². The first-order valence-electron chi connectivity index (χ1n) is 5.91. The van der Waals surface area contributed by atoms with E-state index in [4.69, 9.17) is 10.6 Å². The van der Waals surface area contributed by atoms with E-state index in [1.165, 1.54) is 0 Å². The maximum atomic E-state index is 11.8. The summed E-state index contributed by atoms with van der Waals surface area (Å²) in [7, 11) is 1.69. The molecule has 4 nitrogen and oxygen atoms in total. The van der Waals surface area contributed by atoms with E-state index in [1.807, 2.05) is 30.3 Å². The number of hydrogen-bond acceptors (Lipinski definition) is 4. The minimum absolute atomic E-state index is 0.138. The van der Waals surface area contributed by atoms with E-state index in [0.29, 0.717) is 0 Å². The number of ether oxygens (including phenoxy) is 1. The number of methoxy groups -OCH3 is 1. The van der Waals surface area contributed by atoms with Gasteiger partial charge in [0.15, 0.2) is 0 Å². The Labute approximate surface area is 112 Å². The molecule has 0 saturated carbocycles. The van der Waals surface area contributed by atoms with Gasteiger partial charge in [-0.1, -0.05) is 30.3 Å². The van der Waals surface area contributed by atoms with Gasteiger partial charge in [-0.25, -0.2) is 5.84 Å². The molecule has 1 aromatic rings. The molecule has 5 heteroatoms. The van der Waals surface area contributed by atoms with Crippen LogP contribution in [0.1, 0.15) is 17.9 Å². The number of hydrogen-bond donors (Lipinski definition) is 2. The Morgan fingerprint density at radius 3 is 2.78 bits per heavy atom. The zero-order chi connectivity index (χ0) is 13.2. The lowest BCUT2D eigenvalue weighted by Gasteiger charge is -2.15. The number of thioether (sulfide) groups is 1. The Kier molecular flexibility index (Phi) is 7.48. The molecule has 0 aliphatic rings. The molecule has 0 aliphatic carbocycles. The highest BCUT2D eigenvalue weighted by atomic mass is 32.2. The molecule has 0 heterocycles. The Hall–Kier alpha value is -1.04. The highest BCUT2D eigenvalue weighted by Crippen LogP contribution is 2.21. The molecule has 100 valence electrons. The van der Waals surface area contributed by atoms with Gasteiger partial charge in [0, 0.05) is 19.5 Å². The number of carbonyl (C=O) groups excluding carboxylic acids is 1. The van der Waals surface area contributed by atoms with E-state index in [9.17, 15) is 4.79 Å². The van der Waals surface area contributed by atoms with Gasteiger partial charge in [0.05, 0.1) is 5.92 Å². The zero-order valence-electron chi connectivity index (χ0n) is 10.6. The smallest absolute Gasteiger partial charge is 0.242 e. The lowest BCUT2D eigenvalue weighted by Crippen LogP contribution is -2.35. The Bertz CT molecular complexity index is 346. The van der Waals surface area contributed by atoms with Crippen LogP contribution in [0.3, 0.4) is 0 Å². The van der Waals surface area contributed by atoms with Crippen LogP contribution in [0.5, 0.6) is 0 Å². The minimum Gasteiger partial charge on any atom is -0.385 e. The zero-order valence-corrected chi connectivity index (χ0v) is 11.4. The van der Waals surface area contributed by atoms with Gasteiger partial charge in [0.2, 0.25) is 5.91 Å². The average Bonchev–Trinajstić information content (AvgIpc) is 2.43. The molecule has 1 atom stereocenters. The Balaban J connectivity index is 2.50. The Morgan fingerprint density at radius 1 is 1.44 bits per heavy atom. The molecule has 1 aromatic carbocycles. The number of benzene rings is 1. The molecule has 1 amide bonds. The summed E-state index contributed by atoms with van der Waals surface area (Å²) in [6.45, 7) is 0.756. The molecule has 18 heavy (non-hydrogen) atoms. The first-order chi connectivity index (χ1) is 8.79. The number of carbonyl (C=O) groups is 1. The predicted octanol–water partition coefficient (Wildman–Crippen LogP) is 1.53. The summed E-state index contributed by atoms with van der Waals surface area (Å²) >= 11 is 1.74. The van der Waals surface area contributed by atoms with E-state index < -0.39 is 0 Å². The first kappa shape index (κ1) is 15.0. The maximum absolute atomic E-state index is 11.8. The van der Waals surface area contributed by atoms with Crippen molar-refractivity contribution in [3.05, 3.63) is 35.9 Å². The van der Waals surface area contributed by atoms with Gasteiger partial charge in [-0.2, -0.15) is 11.8 Å². The van der Waals surface area contributed by atoms with Crippen LogP contribution in [0.25, 0.3) is 0 Å². The normalized spacial score (nSPS) is 12.1. The molecule has 0 saturated heterocycles. The van der Waals surface area contributed by atoms with Crippen molar-refractivity contribution < 1.29 is 9.53 Å². The number of nitrogens with two attached hydrogens (primary N) is 1. The molecule has 0 radical (unpaired) electrons. The van der Waals surface area contributed by atoms with Crippen LogP contribution >= 0.6 is 11.8 Å². The van der Waals surface area contributed by atoms with Gasteiger partial charge in [-0.15, -0.1) is 0 Å². The lowest BCUT2D eigenvalue weighted by molar-refractivity contribution is -0.122. The van der Waals surface area contributed by atoms with E-state index in [0.717, 1.165) is 30.1 Å². The molecular formula is C13H20N2O2S. The van der Waals surface area contributed by atoms with Crippen LogP contribution in [0.15, 0.2) is 30.3 Å². The monoisotopic (exact) mass is 268 g/mol. The summed E-state index contributed by atoms with van der Waals surface area (Å²) < 4.78 is 4.99. The summed E-state index contributed by atoms with van der Waals surface area (Å²) in [6.07, 6.45) is 0.993. The highest BCUT2D eigenvalue weighted by Gasteiger charge is 2.19. The molecule has 1 unspecified atom stereocenters. The lowest BCUT2D eigenvalue weighted by atomic mass is 10.0. The summed E-state index contributed by atoms with van der Waals surface area (Å²) in [5.41, 5.74) is 3.24. The minimum atomic E-state index is -0.191. The Morgan fingerprint density at radius 2 is 2.17 bits per heavy atom. The SMILES string of the molecule is COCCCSCC(C(=O)NN)c1ccccc1. The van der Waals surface area contributed by atoms with Gasteiger partial charge < -0.3 is 4.74 Å². The quantitative estimate of drug-likeness (QED) is 0.325. The fourth-order valence-electron chi connectivity index (χ4n) is 1.62. The molecule has 3 N–H and O–H groups in total. The number of hydrazine groups is 1. The van der Waals surface area contributed by atoms with Crippen LogP contribution in [0, 0.1) is 0 Å². The molecule has 0 bridgehead atoms. The van der Waals surface area contributed by atoms with Crippen LogP contribution < -0.4 is 11.3 Å². The summed E-state index contributed by atoms with van der Waals surface area (Å²) in [6, 6.07) is 9.71. The van der Waals surface area contributed by atoms with E-state index >= 15 is 0 Å². The second-order valence-corrected chi connectivity index (χ2v) is 5.04. The maximum Gasteiger partial charge on any atom is 0.242 e. The topological polar surface area (TPSA) is 64.3 Å². The van der Waals surface area contributed by atoms with Crippen molar-refractivity contribution in [1.29, 1.82) is 0 Å². The standard InChI is InChI=1S/C13H20N2O2S/c1-17-8-5-9-18-10-12(13(16)15-14)11-6-3-2-4-7-11/h2-4,6-7,12H,5,8-10,14H2,1H3,(H,15,16). The van der Waals surface area contributed by atoms with Gasteiger partial charge in [-0.05, 0) is 17.7 Å². The third-order valence-corrected chi connectivity index (χ3v) is 3.73. The fraction of sp³-hybridized carbons (Fsp3) is 0.462. The average molecular weight is 268 g/mol. The fourth-order valence-corrected chi connectivity index (χ4v) is 2.68. The van der Waals surface area contributed by atoms with Crippen LogP contribution in [-0.4, -0.2) is 31.1 Å². The molecule has 0 fully saturated rings. The van der Waals surface area contributed by atoms with E-state index in [2.05, 4.69) is 5.43 Å². The number of amides is 1. The molecule has 1 rings (SSSR count). The van der Waals surface area contributed by atoms with Crippen molar-refractivity contribution in [2.24, 2.45) is 5.84 Å². The van der Waals surface area contributed by atoms with Crippen molar-refractivity contribution in [3.63, 3.8) is 0 Å². The van der Waals surface area contributed by atoms with Crippen LogP contribution in [0.4, 0.5) is 0 Å². The van der Waals surface area contributed by atoms with E-state index in [-0.39, 0.29) is 11.8 Å². The third-order valence-electron chi connectivity index (χ3n) is 2.58. The second-order valence-electron chi connectivity index (χ2n) is 3.89. The summed E-state index contributed by atoms with van der Waals surface area (Å²) in [5.74, 6) is 6.62. The second kappa shape index (κ2) is 8.97. The molecule has 0 aromatic heterocycles. The highest BCUT2D eigenvalue weighted by molar-refractivity contribution is 7.99. The van der Waals surface area contributed by atoms with Gasteiger partial charge in [0.1, 0.15) is 0 Å². The van der Waals surface area contributed by atoms with Gasteiger partial charge >= 0.3 is 0 Å². The molecule has 0 aliphatic heterocycles. The summed E-state index contributed by atoms with van der Waals surface area (Å²) in [5, 5.41) is 0. The van der Waals surface area contributed by atoms with Crippen molar-refractivity contribution >= 4 is 17.7 Å². The van der Waals surface area contributed by atoms with Gasteiger partial charge in [0.25, 0.3) is 0 Å². The predicted molar refractivity (Wildman–Crippen MR) is 75.3 cm³/mol. The van der Waals surface area contributed by atoms with Crippen LogP contribution in [-0.2, 0) is 9.53 Å². The molecular weight excluding hydrogens is 248 g/mol. The van der Waals surface area contributed by atoms with E-state index in [1.54, 1.807) is 18.9 Å². The largest absolute Gasteiger partial charge is 0.385 e. The van der Waals surface area contributed by atoms with Crippen molar-refractivity contribution in [3.8, 4) is 0 Å². The van der Waals surface area contributed by atoms with Crippen molar-refractivity contribution in [2.45, 2.75) is 12.3 Å². The van der Waals surface area contributed by atoms with Crippen LogP contribution in [0.2, 0.25) is 0 Å².